The molecule has 0 aromatic heterocycles. The zero-order valence-electron chi connectivity index (χ0n) is 22.0. The van der Waals surface area contributed by atoms with Crippen molar-refractivity contribution in [2.75, 3.05) is 11.5 Å². The third-order valence-corrected chi connectivity index (χ3v) is 6.55. The summed E-state index contributed by atoms with van der Waals surface area (Å²) >= 11 is 11.4. The van der Waals surface area contributed by atoms with Crippen molar-refractivity contribution in [3.05, 3.63) is 65.5 Å². The van der Waals surface area contributed by atoms with Gasteiger partial charge in [0.1, 0.15) is 46.0 Å². The first-order valence-electron chi connectivity index (χ1n) is 12.1. The van der Waals surface area contributed by atoms with Crippen LogP contribution >= 0.6 is 23.2 Å². The summed E-state index contributed by atoms with van der Waals surface area (Å²) in [4.78, 5) is 22.5. The van der Waals surface area contributed by atoms with E-state index in [0.29, 0.717) is 16.0 Å². The standard InChI is InChI=1S/C24H25B5Cl2FN3O6/c1-2-41-20(37)18(12-14-3-7-15(32)8-4-14)34-19(36)17(33)11-13-5-9-16(10-6-13)35(23(28,39)21(25,26)30)24(29,40)22(27,31)38/h3-10,17-18,38-40H,2,11-12,33H2,1H3,(H,34,36). The maximum absolute atomic E-state index is 13.3. The van der Waals surface area contributed by atoms with Crippen molar-refractivity contribution in [1.29, 1.82) is 0 Å². The summed E-state index contributed by atoms with van der Waals surface area (Å²) < 4.78 is 15.6. The van der Waals surface area contributed by atoms with E-state index in [-0.39, 0.29) is 25.1 Å². The molecule has 5 unspecified atom stereocenters. The number of alkyl halides is 2. The topological polar surface area (TPSA) is 145 Å². The van der Waals surface area contributed by atoms with Gasteiger partial charge < -0.3 is 36.0 Å². The zero-order chi connectivity index (χ0) is 31.4. The van der Waals surface area contributed by atoms with E-state index >= 15 is 0 Å². The van der Waals surface area contributed by atoms with Crippen molar-refractivity contribution in [3.8, 4) is 0 Å². The zero-order valence-corrected chi connectivity index (χ0v) is 23.5. The molecule has 208 valence electrons. The van der Waals surface area contributed by atoms with Gasteiger partial charge in [-0.05, 0) is 48.7 Å². The molecule has 6 N–H and O–H groups in total. The number of carbonyl (C=O) groups excluding carboxylic acids is 2. The fraction of sp³-hybridized carbons (Fsp3) is 0.417. The molecule has 0 heterocycles. The maximum Gasteiger partial charge on any atom is 0.328 e. The quantitative estimate of drug-likeness (QED) is 0.0833. The SMILES string of the molecule is [B]C([B])(Cl)C([B])(O)N(c1ccc(CC(N)C(=O)NC(Cc2ccc(F)cc2)C(=O)OCC)cc1)C([B])(O)C([B])(O)Cl. The lowest BCUT2D eigenvalue weighted by Gasteiger charge is -2.56. The fourth-order valence-corrected chi connectivity index (χ4v) is 3.85. The summed E-state index contributed by atoms with van der Waals surface area (Å²) in [5, 5.41) is 34.0. The van der Waals surface area contributed by atoms with Crippen LogP contribution in [0.25, 0.3) is 0 Å². The molecule has 2 aromatic rings. The lowest BCUT2D eigenvalue weighted by molar-refractivity contribution is -0.147. The minimum atomic E-state index is -3.19. The number of hydrogen-bond acceptors (Lipinski definition) is 8. The molecule has 5 atom stereocenters. The third kappa shape index (κ3) is 8.69. The van der Waals surface area contributed by atoms with Crippen molar-refractivity contribution in [2.24, 2.45) is 5.73 Å². The molecule has 0 aliphatic rings. The Kier molecular flexibility index (Phi) is 11.5. The third-order valence-electron chi connectivity index (χ3n) is 5.99. The maximum atomic E-state index is 13.3. The van der Waals surface area contributed by atoms with Crippen LogP contribution in [0.4, 0.5) is 10.1 Å². The van der Waals surface area contributed by atoms with Crippen molar-refractivity contribution in [2.45, 2.75) is 52.7 Å². The van der Waals surface area contributed by atoms with E-state index in [9.17, 15) is 29.3 Å². The van der Waals surface area contributed by atoms with E-state index in [1.807, 2.05) is 0 Å². The van der Waals surface area contributed by atoms with E-state index < -0.39 is 50.7 Å². The van der Waals surface area contributed by atoms with E-state index in [1.54, 1.807) is 6.92 Å². The summed E-state index contributed by atoms with van der Waals surface area (Å²) in [6, 6.07) is 8.42. The number of benzene rings is 2. The fourth-order valence-electron chi connectivity index (χ4n) is 3.68. The van der Waals surface area contributed by atoms with Crippen molar-refractivity contribution < 1.29 is 34.0 Å². The lowest BCUT2D eigenvalue weighted by atomic mass is 9.54. The molecular formula is C24H25B5Cl2FN3O6. The highest BCUT2D eigenvalue weighted by Gasteiger charge is 2.53. The molecule has 17 heteroatoms. The van der Waals surface area contributed by atoms with Crippen LogP contribution in [-0.2, 0) is 27.2 Å². The molecule has 2 rings (SSSR count). The van der Waals surface area contributed by atoms with E-state index in [4.69, 9.17) is 72.9 Å². The summed E-state index contributed by atoms with van der Waals surface area (Å²) in [5.74, 6) is -1.83. The van der Waals surface area contributed by atoms with Crippen LogP contribution in [0.2, 0.25) is 0 Å². The Morgan fingerprint density at radius 1 is 0.951 bits per heavy atom. The molecular weight excluding hydrogens is 570 g/mol. The normalized spacial score (nSPS) is 17.7. The van der Waals surface area contributed by atoms with Crippen LogP contribution in [0.15, 0.2) is 48.5 Å². The second kappa shape index (κ2) is 13.4. The van der Waals surface area contributed by atoms with Gasteiger partial charge in [0, 0.05) is 16.8 Å². The summed E-state index contributed by atoms with van der Waals surface area (Å²) in [5.41, 5.74) is 0.649. The Labute approximate surface area is 254 Å². The van der Waals surface area contributed by atoms with Gasteiger partial charge in [0.15, 0.2) is 0 Å². The van der Waals surface area contributed by atoms with E-state index in [0.717, 1.165) is 0 Å². The van der Waals surface area contributed by atoms with Gasteiger partial charge in [0.25, 0.3) is 0 Å². The number of nitrogens with zero attached hydrogens (tertiary/aromatic N) is 1. The van der Waals surface area contributed by atoms with Crippen LogP contribution < -0.4 is 16.0 Å². The Morgan fingerprint density at radius 3 is 1.90 bits per heavy atom. The average molecular weight is 595 g/mol. The van der Waals surface area contributed by atoms with Crippen molar-refractivity contribution in [3.63, 3.8) is 0 Å². The number of nitrogens with one attached hydrogen (secondary N) is 1. The number of esters is 1. The first-order valence-corrected chi connectivity index (χ1v) is 12.8. The van der Waals surface area contributed by atoms with Gasteiger partial charge in [-0.15, -0.1) is 11.6 Å². The minimum Gasteiger partial charge on any atom is -0.464 e. The molecule has 10 radical (unpaired) electrons. The summed E-state index contributed by atoms with van der Waals surface area (Å²) in [7, 11) is 27.9. The molecule has 0 saturated heterocycles. The van der Waals surface area contributed by atoms with Gasteiger partial charge in [-0.1, -0.05) is 35.9 Å². The number of ether oxygens (including phenoxy) is 1. The molecule has 0 spiro atoms. The molecule has 0 fully saturated rings. The van der Waals surface area contributed by atoms with Gasteiger partial charge in [0.2, 0.25) is 5.91 Å². The van der Waals surface area contributed by atoms with Gasteiger partial charge >= 0.3 is 5.97 Å². The Bertz CT molecular complexity index is 1170. The molecule has 0 saturated carbocycles. The van der Waals surface area contributed by atoms with Crippen LogP contribution in [0.5, 0.6) is 0 Å². The van der Waals surface area contributed by atoms with Crippen LogP contribution in [-0.4, -0.2) is 106 Å². The van der Waals surface area contributed by atoms with Gasteiger partial charge in [-0.2, -0.15) is 0 Å². The smallest absolute Gasteiger partial charge is 0.328 e. The Hall–Kier alpha value is -2.15. The number of aliphatic hydroxyl groups is 3. The van der Waals surface area contributed by atoms with E-state index in [2.05, 4.69) is 5.32 Å². The van der Waals surface area contributed by atoms with Crippen LogP contribution in [0, 0.1) is 5.82 Å². The van der Waals surface area contributed by atoms with Gasteiger partial charge in [0.05, 0.1) is 34.0 Å². The van der Waals surface area contributed by atoms with Crippen molar-refractivity contribution in [1.82, 2.24) is 5.32 Å². The molecule has 0 aliphatic heterocycles. The predicted octanol–water partition coefficient (Wildman–Crippen LogP) is -1.30. The summed E-state index contributed by atoms with van der Waals surface area (Å²) in [6.45, 7) is 1.68. The molecule has 41 heavy (non-hydrogen) atoms. The minimum absolute atomic E-state index is 0.0323. The second-order valence-electron chi connectivity index (χ2n) is 9.35. The molecule has 1 amide bonds. The molecule has 0 aliphatic carbocycles. The highest BCUT2D eigenvalue weighted by atomic mass is 35.5. The first kappa shape index (κ1) is 35.1. The Balaban J connectivity index is 2.25. The number of anilines is 1. The molecule has 9 nitrogen and oxygen atoms in total. The number of hydrogen-bond donors (Lipinski definition) is 5. The first-order chi connectivity index (χ1) is 18.7. The number of nitrogens with two attached hydrogens (primary N) is 1. The van der Waals surface area contributed by atoms with Gasteiger partial charge in [-0.3, -0.25) is 4.79 Å². The monoisotopic (exact) mass is 595 g/mol. The lowest BCUT2D eigenvalue weighted by Crippen LogP contribution is -2.76. The van der Waals surface area contributed by atoms with Crippen molar-refractivity contribution >= 4 is 80.0 Å². The van der Waals surface area contributed by atoms with E-state index in [1.165, 1.54) is 48.5 Å². The highest BCUT2D eigenvalue weighted by molar-refractivity contribution is 6.66. The summed E-state index contributed by atoms with van der Waals surface area (Å²) in [6.07, 6.45) is -0.0218. The molecule has 2 aromatic carbocycles. The number of halogens is 3. The largest absolute Gasteiger partial charge is 0.464 e. The number of amides is 1. The second-order valence-corrected chi connectivity index (χ2v) is 10.6. The molecule has 0 bridgehead atoms. The van der Waals surface area contributed by atoms with Gasteiger partial charge in [-0.25, -0.2) is 9.18 Å². The number of rotatable bonds is 13. The van der Waals surface area contributed by atoms with Crippen LogP contribution in [0.3, 0.4) is 0 Å². The average Bonchev–Trinajstić information content (AvgIpc) is 2.84. The highest BCUT2D eigenvalue weighted by Crippen LogP contribution is 2.38. The Morgan fingerprint density at radius 2 is 1.44 bits per heavy atom. The predicted molar refractivity (Wildman–Crippen MR) is 157 cm³/mol. The number of carbonyl (C=O) groups is 2. The van der Waals surface area contributed by atoms with Crippen LogP contribution in [0.1, 0.15) is 18.1 Å².